The van der Waals surface area contributed by atoms with Gasteiger partial charge in [0.05, 0.1) is 0 Å². The minimum absolute atomic E-state index is 0.0752. The molecule has 0 saturated heterocycles. The van der Waals surface area contributed by atoms with E-state index >= 15 is 0 Å². The van der Waals surface area contributed by atoms with Gasteiger partial charge in [0, 0.05) is 23.7 Å². The number of pyridine rings is 1. The summed E-state index contributed by atoms with van der Waals surface area (Å²) in [6, 6.07) is 14.6. The Kier molecular flexibility index (Phi) is 5.62. The topological polar surface area (TPSA) is 34.1 Å². The maximum atomic E-state index is 6.32. The molecule has 1 unspecified atom stereocenters. The van der Waals surface area contributed by atoms with Crippen LogP contribution < -0.4 is 10.1 Å². The molecule has 0 fully saturated rings. The first-order valence-electron chi connectivity index (χ1n) is 8.13. The molecule has 2 heterocycles. The van der Waals surface area contributed by atoms with Gasteiger partial charge in [-0.05, 0) is 66.9 Å². The van der Waals surface area contributed by atoms with Crippen LogP contribution in [0.25, 0.3) is 11.1 Å². The van der Waals surface area contributed by atoms with E-state index in [2.05, 4.69) is 46.9 Å². The van der Waals surface area contributed by atoms with Crippen molar-refractivity contribution < 1.29 is 4.74 Å². The third-order valence-electron chi connectivity index (χ3n) is 3.96. The van der Waals surface area contributed by atoms with Gasteiger partial charge in [-0.3, -0.25) is 4.98 Å². The van der Waals surface area contributed by atoms with Crippen LogP contribution in [0.4, 0.5) is 0 Å². The average molecular weight is 338 g/mol. The molecule has 124 valence electrons. The molecule has 2 aromatic heterocycles. The Hall–Kier alpha value is -2.17. The van der Waals surface area contributed by atoms with E-state index in [1.165, 1.54) is 16.0 Å². The molecule has 1 aromatic carbocycles. The molecule has 1 N–H and O–H groups in total. The highest BCUT2D eigenvalue weighted by Gasteiger charge is 2.14. The van der Waals surface area contributed by atoms with Gasteiger partial charge in [-0.15, -0.1) is 11.3 Å². The third-order valence-corrected chi connectivity index (χ3v) is 4.93. The number of rotatable bonds is 7. The summed E-state index contributed by atoms with van der Waals surface area (Å²) in [5.41, 5.74) is 3.52. The zero-order valence-electron chi connectivity index (χ0n) is 14.0. The number of benzene rings is 1. The zero-order chi connectivity index (χ0) is 16.8. The van der Waals surface area contributed by atoms with E-state index in [1.54, 1.807) is 11.3 Å². The van der Waals surface area contributed by atoms with Gasteiger partial charge in [-0.1, -0.05) is 18.2 Å². The quantitative estimate of drug-likeness (QED) is 0.669. The molecule has 4 heteroatoms. The number of nitrogens with one attached hydrogen (secondary N) is 1. The van der Waals surface area contributed by atoms with E-state index in [4.69, 9.17) is 4.74 Å². The molecule has 0 bridgehead atoms. The van der Waals surface area contributed by atoms with Crippen LogP contribution >= 0.6 is 11.3 Å². The van der Waals surface area contributed by atoms with Gasteiger partial charge in [-0.2, -0.15) is 0 Å². The molecular formula is C20H22N2OS. The largest absolute Gasteiger partial charge is 0.485 e. The smallest absolute Gasteiger partial charge is 0.134 e. The fourth-order valence-corrected chi connectivity index (χ4v) is 3.50. The summed E-state index contributed by atoms with van der Waals surface area (Å²) in [7, 11) is 1.97. The van der Waals surface area contributed by atoms with Crippen LogP contribution in [0.3, 0.4) is 0 Å². The van der Waals surface area contributed by atoms with Crippen molar-refractivity contribution in [2.75, 3.05) is 13.6 Å². The second-order valence-corrected chi connectivity index (χ2v) is 6.71. The van der Waals surface area contributed by atoms with Crippen LogP contribution in [-0.2, 0) is 0 Å². The van der Waals surface area contributed by atoms with Crippen LogP contribution in [0.1, 0.15) is 23.0 Å². The summed E-state index contributed by atoms with van der Waals surface area (Å²) in [4.78, 5) is 5.43. The first kappa shape index (κ1) is 16.7. The second kappa shape index (κ2) is 8.08. The minimum atomic E-state index is 0.0752. The fourth-order valence-electron chi connectivity index (χ4n) is 2.71. The Balaban J connectivity index is 1.84. The molecule has 1 atom stereocenters. The van der Waals surface area contributed by atoms with Gasteiger partial charge >= 0.3 is 0 Å². The second-order valence-electron chi connectivity index (χ2n) is 5.73. The predicted molar refractivity (Wildman–Crippen MR) is 101 cm³/mol. The van der Waals surface area contributed by atoms with Crippen LogP contribution in [0, 0.1) is 6.92 Å². The minimum Gasteiger partial charge on any atom is -0.485 e. The van der Waals surface area contributed by atoms with E-state index in [-0.39, 0.29) is 6.10 Å². The van der Waals surface area contributed by atoms with Crippen molar-refractivity contribution in [3.8, 4) is 16.9 Å². The number of hydrogen-bond donors (Lipinski definition) is 1. The Morgan fingerprint density at radius 2 is 2.12 bits per heavy atom. The normalized spacial score (nSPS) is 12.1. The number of hydrogen-bond acceptors (Lipinski definition) is 4. The van der Waals surface area contributed by atoms with Crippen LogP contribution in [0.2, 0.25) is 0 Å². The fraction of sp³-hybridized carbons (Fsp3) is 0.250. The molecule has 0 aliphatic rings. The highest BCUT2D eigenvalue weighted by Crippen LogP contribution is 2.31. The number of nitrogens with zero attached hydrogens (tertiary/aromatic N) is 1. The van der Waals surface area contributed by atoms with Crippen LogP contribution in [0.15, 0.2) is 60.2 Å². The molecule has 0 aliphatic carbocycles. The van der Waals surface area contributed by atoms with Crippen molar-refractivity contribution in [3.63, 3.8) is 0 Å². The maximum absolute atomic E-state index is 6.32. The molecule has 3 rings (SSSR count). The summed E-state index contributed by atoms with van der Waals surface area (Å²) < 4.78 is 6.32. The van der Waals surface area contributed by atoms with E-state index in [1.807, 2.05) is 37.6 Å². The van der Waals surface area contributed by atoms with Crippen LogP contribution in [-0.4, -0.2) is 18.6 Å². The average Bonchev–Trinajstić information content (AvgIpc) is 3.14. The van der Waals surface area contributed by atoms with Crippen molar-refractivity contribution in [2.24, 2.45) is 0 Å². The highest BCUT2D eigenvalue weighted by molar-refractivity contribution is 7.10. The highest BCUT2D eigenvalue weighted by atomic mass is 32.1. The van der Waals surface area contributed by atoms with E-state index in [9.17, 15) is 0 Å². The molecule has 0 amide bonds. The van der Waals surface area contributed by atoms with Gasteiger partial charge in [0.2, 0.25) is 0 Å². The summed E-state index contributed by atoms with van der Waals surface area (Å²) in [6.45, 7) is 3.00. The molecule has 0 radical (unpaired) electrons. The Labute approximate surface area is 147 Å². The van der Waals surface area contributed by atoms with Crippen molar-refractivity contribution in [3.05, 3.63) is 70.7 Å². The number of ether oxygens (including phenoxy) is 1. The molecule has 3 aromatic rings. The third kappa shape index (κ3) is 4.02. The lowest BCUT2D eigenvalue weighted by Crippen LogP contribution is -2.15. The van der Waals surface area contributed by atoms with Gasteiger partial charge in [0.25, 0.3) is 0 Å². The van der Waals surface area contributed by atoms with E-state index in [0.717, 1.165) is 24.3 Å². The summed E-state index contributed by atoms with van der Waals surface area (Å²) >= 11 is 1.74. The molecule has 0 saturated carbocycles. The number of aryl methyl sites for hydroxylation is 1. The van der Waals surface area contributed by atoms with Crippen molar-refractivity contribution in [1.29, 1.82) is 0 Å². The van der Waals surface area contributed by atoms with Gasteiger partial charge in [0.1, 0.15) is 11.9 Å². The van der Waals surface area contributed by atoms with Gasteiger partial charge < -0.3 is 10.1 Å². The van der Waals surface area contributed by atoms with E-state index in [0.29, 0.717) is 0 Å². The Bertz CT molecular complexity index is 771. The maximum Gasteiger partial charge on any atom is 0.134 e. The molecule has 24 heavy (non-hydrogen) atoms. The van der Waals surface area contributed by atoms with Gasteiger partial charge in [-0.25, -0.2) is 0 Å². The summed E-state index contributed by atoms with van der Waals surface area (Å²) in [6.07, 6.45) is 4.74. The Morgan fingerprint density at radius 3 is 2.88 bits per heavy atom. The van der Waals surface area contributed by atoms with Crippen molar-refractivity contribution >= 4 is 11.3 Å². The molecule has 0 spiro atoms. The van der Waals surface area contributed by atoms with Crippen LogP contribution in [0.5, 0.6) is 5.75 Å². The predicted octanol–water partition coefficient (Wildman–Crippen LogP) is 4.85. The Morgan fingerprint density at radius 1 is 1.21 bits per heavy atom. The lowest BCUT2D eigenvalue weighted by atomic mass is 10.0. The SMILES string of the molecule is CNCCC(Oc1cccc(-c2ccncc2C)c1)c1cccs1. The standard InChI is InChI=1S/C20H22N2OS/c1-15-14-22-11-8-18(15)16-5-3-6-17(13-16)23-19(9-10-21-2)20-7-4-12-24-20/h3-8,11-14,19,21H,9-10H2,1-2H3. The summed E-state index contributed by atoms with van der Waals surface area (Å²) in [5.74, 6) is 0.901. The first-order valence-corrected chi connectivity index (χ1v) is 9.01. The number of aromatic nitrogens is 1. The zero-order valence-corrected chi connectivity index (χ0v) is 14.8. The molecule has 3 nitrogen and oxygen atoms in total. The monoisotopic (exact) mass is 338 g/mol. The molecule has 0 aliphatic heterocycles. The van der Waals surface area contributed by atoms with Crippen molar-refractivity contribution in [2.45, 2.75) is 19.4 Å². The van der Waals surface area contributed by atoms with Crippen molar-refractivity contribution in [1.82, 2.24) is 10.3 Å². The molecular weight excluding hydrogens is 316 g/mol. The van der Waals surface area contributed by atoms with E-state index < -0.39 is 0 Å². The summed E-state index contributed by atoms with van der Waals surface area (Å²) in [5, 5.41) is 5.31. The number of thiophene rings is 1. The lowest BCUT2D eigenvalue weighted by Gasteiger charge is -2.18. The van der Waals surface area contributed by atoms with Gasteiger partial charge in [0.15, 0.2) is 0 Å². The first-order chi connectivity index (χ1) is 11.8. The lowest BCUT2D eigenvalue weighted by molar-refractivity contribution is 0.199.